The number of hydrogen-bond acceptors (Lipinski definition) is 7. The van der Waals surface area contributed by atoms with Gasteiger partial charge in [-0.25, -0.2) is 0 Å². The number of anilines is 1. The molecule has 3 aromatic rings. The van der Waals surface area contributed by atoms with Crippen LogP contribution in [0.1, 0.15) is 21.5 Å². The van der Waals surface area contributed by atoms with Gasteiger partial charge in [0.05, 0.1) is 41.2 Å². The molecular weight excluding hydrogens is 482 g/mol. The van der Waals surface area contributed by atoms with E-state index < -0.39 is 0 Å². The molecule has 0 aliphatic rings. The number of hydrogen-bond donors (Lipinski definition) is 1. The lowest BCUT2D eigenvalue weighted by Gasteiger charge is -2.14. The zero-order valence-corrected chi connectivity index (χ0v) is 21.5. The fourth-order valence-corrected chi connectivity index (χ4v) is 3.62. The molecule has 0 amide bonds. The fraction of sp³-hybridized carbons (Fsp3) is 0.179. The van der Waals surface area contributed by atoms with Crippen LogP contribution < -0.4 is 29.0 Å². The van der Waals surface area contributed by atoms with E-state index >= 15 is 0 Å². The van der Waals surface area contributed by atoms with Gasteiger partial charge in [0.15, 0.2) is 28.8 Å². The Morgan fingerprint density at radius 2 is 1.22 bits per heavy atom. The van der Waals surface area contributed by atoms with Gasteiger partial charge in [0.25, 0.3) is 0 Å². The highest BCUT2D eigenvalue weighted by atomic mass is 35.5. The van der Waals surface area contributed by atoms with E-state index in [1.165, 1.54) is 6.08 Å². The standard InChI is InChI=1S/C28H28ClNO6/c1-32-24-15-18(6-7-19-16-25(33-2)28(36-5)26(17-19)34-3)14-22(27(24)35-4)30-13-12-23(31)20-8-10-21(29)11-9-20/h6-17,30H,1-5H3/b7-6-,13-12-. The molecule has 0 saturated carbocycles. The summed E-state index contributed by atoms with van der Waals surface area (Å²) in [6.07, 6.45) is 6.82. The van der Waals surface area contributed by atoms with E-state index in [2.05, 4.69) is 5.32 Å². The summed E-state index contributed by atoms with van der Waals surface area (Å²) in [6.45, 7) is 0. The Bertz CT molecular complexity index is 1240. The molecule has 3 aromatic carbocycles. The van der Waals surface area contributed by atoms with E-state index in [1.54, 1.807) is 66.0 Å². The number of methoxy groups -OCH3 is 5. The molecule has 0 fully saturated rings. The maximum Gasteiger partial charge on any atom is 0.203 e. The highest BCUT2D eigenvalue weighted by Crippen LogP contribution is 2.40. The minimum atomic E-state index is -0.163. The number of allylic oxidation sites excluding steroid dienone is 1. The van der Waals surface area contributed by atoms with Crippen molar-refractivity contribution in [3.8, 4) is 28.7 Å². The maximum absolute atomic E-state index is 12.4. The summed E-state index contributed by atoms with van der Waals surface area (Å²) < 4.78 is 27.3. The van der Waals surface area contributed by atoms with Crippen LogP contribution in [-0.2, 0) is 0 Å². The third kappa shape index (κ3) is 6.31. The number of nitrogens with one attached hydrogen (secondary N) is 1. The first-order chi connectivity index (χ1) is 17.4. The van der Waals surface area contributed by atoms with Crippen LogP contribution in [-0.4, -0.2) is 41.3 Å². The summed E-state index contributed by atoms with van der Waals surface area (Å²) in [6, 6.07) is 14.1. The van der Waals surface area contributed by atoms with Crippen LogP contribution in [0.3, 0.4) is 0 Å². The van der Waals surface area contributed by atoms with Crippen LogP contribution in [0.25, 0.3) is 12.2 Å². The minimum absolute atomic E-state index is 0.163. The van der Waals surface area contributed by atoms with Crippen molar-refractivity contribution < 1.29 is 28.5 Å². The minimum Gasteiger partial charge on any atom is -0.493 e. The second-order valence-corrected chi connectivity index (χ2v) is 7.88. The number of carbonyl (C=O) groups is 1. The first-order valence-corrected chi connectivity index (χ1v) is 11.3. The second kappa shape index (κ2) is 12.6. The van der Waals surface area contributed by atoms with Gasteiger partial charge in [0.2, 0.25) is 5.75 Å². The second-order valence-electron chi connectivity index (χ2n) is 7.44. The van der Waals surface area contributed by atoms with Gasteiger partial charge in [0, 0.05) is 22.9 Å². The molecule has 0 heterocycles. The number of ether oxygens (including phenoxy) is 5. The predicted octanol–water partition coefficient (Wildman–Crippen LogP) is 6.36. The average Bonchev–Trinajstić information content (AvgIpc) is 2.90. The molecule has 0 unspecified atom stereocenters. The van der Waals surface area contributed by atoms with Crippen molar-refractivity contribution in [2.75, 3.05) is 40.9 Å². The van der Waals surface area contributed by atoms with Crippen LogP contribution in [0.15, 0.2) is 60.8 Å². The molecule has 0 spiro atoms. The third-order valence-corrected chi connectivity index (χ3v) is 5.51. The van der Waals surface area contributed by atoms with E-state index in [-0.39, 0.29) is 5.78 Å². The van der Waals surface area contributed by atoms with Crippen molar-refractivity contribution in [3.63, 3.8) is 0 Å². The monoisotopic (exact) mass is 509 g/mol. The van der Waals surface area contributed by atoms with Crippen molar-refractivity contribution in [2.45, 2.75) is 0 Å². The van der Waals surface area contributed by atoms with Crippen molar-refractivity contribution in [2.24, 2.45) is 0 Å². The molecule has 3 rings (SSSR count). The van der Waals surface area contributed by atoms with Gasteiger partial charge in [-0.15, -0.1) is 0 Å². The van der Waals surface area contributed by atoms with Crippen LogP contribution >= 0.6 is 11.6 Å². The van der Waals surface area contributed by atoms with E-state index in [1.807, 2.05) is 36.4 Å². The molecule has 0 aliphatic heterocycles. The Hall–Kier alpha value is -4.10. The topological polar surface area (TPSA) is 75.3 Å². The molecule has 0 atom stereocenters. The largest absolute Gasteiger partial charge is 0.493 e. The lowest BCUT2D eigenvalue weighted by Crippen LogP contribution is -1.99. The van der Waals surface area contributed by atoms with Gasteiger partial charge in [0.1, 0.15) is 0 Å². The molecule has 1 N–H and O–H groups in total. The van der Waals surface area contributed by atoms with Crippen molar-refractivity contribution in [1.82, 2.24) is 0 Å². The van der Waals surface area contributed by atoms with Gasteiger partial charge in [-0.3, -0.25) is 4.79 Å². The zero-order chi connectivity index (χ0) is 26.1. The van der Waals surface area contributed by atoms with Gasteiger partial charge < -0.3 is 29.0 Å². The Morgan fingerprint density at radius 1 is 0.722 bits per heavy atom. The predicted molar refractivity (Wildman–Crippen MR) is 143 cm³/mol. The Balaban J connectivity index is 1.89. The molecular formula is C28H28ClNO6. The Kier molecular flexibility index (Phi) is 9.25. The van der Waals surface area contributed by atoms with E-state index in [0.29, 0.717) is 45.0 Å². The van der Waals surface area contributed by atoms with E-state index in [0.717, 1.165) is 11.1 Å². The number of halogens is 1. The Labute approximate surface area is 215 Å². The van der Waals surface area contributed by atoms with Crippen molar-refractivity contribution >= 4 is 35.2 Å². The van der Waals surface area contributed by atoms with Crippen LogP contribution in [0.4, 0.5) is 5.69 Å². The summed E-state index contributed by atoms with van der Waals surface area (Å²) in [4.78, 5) is 12.4. The number of ketones is 1. The summed E-state index contributed by atoms with van der Waals surface area (Å²) in [7, 11) is 7.82. The van der Waals surface area contributed by atoms with E-state index in [9.17, 15) is 4.79 Å². The number of benzene rings is 3. The van der Waals surface area contributed by atoms with Gasteiger partial charge >= 0.3 is 0 Å². The molecule has 8 heteroatoms. The fourth-order valence-electron chi connectivity index (χ4n) is 3.50. The average molecular weight is 510 g/mol. The lowest BCUT2D eigenvalue weighted by atomic mass is 10.1. The van der Waals surface area contributed by atoms with Gasteiger partial charge in [-0.2, -0.15) is 0 Å². The highest BCUT2D eigenvalue weighted by molar-refractivity contribution is 6.30. The smallest absolute Gasteiger partial charge is 0.203 e. The highest BCUT2D eigenvalue weighted by Gasteiger charge is 2.13. The molecule has 0 saturated heterocycles. The van der Waals surface area contributed by atoms with Crippen molar-refractivity contribution in [3.05, 3.63) is 82.5 Å². The zero-order valence-electron chi connectivity index (χ0n) is 20.8. The third-order valence-electron chi connectivity index (χ3n) is 5.26. The first kappa shape index (κ1) is 26.5. The van der Waals surface area contributed by atoms with Crippen LogP contribution in [0.5, 0.6) is 28.7 Å². The van der Waals surface area contributed by atoms with Crippen LogP contribution in [0.2, 0.25) is 5.02 Å². The van der Waals surface area contributed by atoms with Crippen molar-refractivity contribution in [1.29, 1.82) is 0 Å². The Morgan fingerprint density at radius 3 is 1.72 bits per heavy atom. The van der Waals surface area contributed by atoms with Gasteiger partial charge in [-0.1, -0.05) is 23.8 Å². The quantitative estimate of drug-likeness (QED) is 0.183. The van der Waals surface area contributed by atoms with Crippen LogP contribution in [0, 0.1) is 0 Å². The maximum atomic E-state index is 12.4. The number of carbonyl (C=O) groups excluding carboxylic acids is 1. The molecule has 36 heavy (non-hydrogen) atoms. The SMILES string of the molecule is COc1cc(/C=C\c2cc(OC)c(OC)c(OC)c2)cc(N/C=C\C(=O)c2ccc(Cl)cc2)c1OC. The molecule has 188 valence electrons. The summed E-state index contributed by atoms with van der Waals surface area (Å²) in [5.74, 6) is 2.51. The lowest BCUT2D eigenvalue weighted by molar-refractivity contribution is 0.104. The van der Waals surface area contributed by atoms with Gasteiger partial charge in [-0.05, 0) is 59.7 Å². The number of rotatable bonds is 11. The molecule has 0 radical (unpaired) electrons. The normalized spacial score (nSPS) is 10.9. The molecule has 0 bridgehead atoms. The summed E-state index contributed by atoms with van der Waals surface area (Å²) >= 11 is 5.90. The summed E-state index contributed by atoms with van der Waals surface area (Å²) in [5, 5.41) is 3.69. The first-order valence-electron chi connectivity index (χ1n) is 10.9. The molecule has 0 aromatic heterocycles. The molecule has 7 nitrogen and oxygen atoms in total. The van der Waals surface area contributed by atoms with E-state index in [4.69, 9.17) is 35.3 Å². The summed E-state index contributed by atoms with van der Waals surface area (Å²) in [5.41, 5.74) is 2.84. The molecule has 0 aliphatic carbocycles.